The molecule has 0 aliphatic carbocycles. The Labute approximate surface area is 296 Å². The molecule has 0 N–H and O–H groups in total. The monoisotopic (exact) mass is 680 g/mol. The molecule has 0 unspecified atom stereocenters. The van der Waals surface area contributed by atoms with Crippen LogP contribution in [0.2, 0.25) is 0 Å². The average molecular weight is 681 g/mol. The summed E-state index contributed by atoms with van der Waals surface area (Å²) in [5.41, 5.74) is 5.75. The highest BCUT2D eigenvalue weighted by atomic mass is 32.1. The fourth-order valence-electron chi connectivity index (χ4n) is 6.30. The van der Waals surface area contributed by atoms with E-state index in [1.165, 1.54) is 9.75 Å². The van der Waals surface area contributed by atoms with Gasteiger partial charge in [-0.25, -0.2) is 29.9 Å². The molecule has 0 radical (unpaired) electrons. The van der Waals surface area contributed by atoms with Crippen LogP contribution in [-0.2, 0) is 0 Å². The number of aryl methyl sites for hydroxylation is 2. The van der Waals surface area contributed by atoms with Crippen molar-refractivity contribution in [1.29, 1.82) is 0 Å². The highest BCUT2D eigenvalue weighted by molar-refractivity contribution is 7.21. The van der Waals surface area contributed by atoms with Crippen LogP contribution < -0.4 is 0 Å². The maximum atomic E-state index is 5.18. The lowest BCUT2D eigenvalue weighted by atomic mass is 10.00. The molecule has 0 spiro atoms. The maximum Gasteiger partial charge on any atom is 0.166 e. The van der Waals surface area contributed by atoms with E-state index in [9.17, 15) is 0 Å². The maximum absolute atomic E-state index is 5.18. The van der Waals surface area contributed by atoms with Crippen LogP contribution in [0.25, 0.3) is 88.5 Å². The summed E-state index contributed by atoms with van der Waals surface area (Å²) in [5, 5.41) is 2.15. The molecule has 9 rings (SSSR count). The van der Waals surface area contributed by atoms with Crippen molar-refractivity contribution in [3.05, 3.63) is 143 Å². The average Bonchev–Trinajstić information content (AvgIpc) is 3.75. The van der Waals surface area contributed by atoms with E-state index in [0.717, 1.165) is 53.6 Å². The number of aromatic nitrogens is 6. The van der Waals surface area contributed by atoms with E-state index in [4.69, 9.17) is 29.9 Å². The molecule has 0 bridgehead atoms. The molecule has 4 heterocycles. The molecule has 0 aliphatic rings. The Morgan fingerprint density at radius 1 is 0.340 bits per heavy atom. The molecule has 9 aromatic rings. The first-order valence-corrected chi connectivity index (χ1v) is 17.9. The first-order chi connectivity index (χ1) is 24.6. The van der Waals surface area contributed by atoms with Crippen LogP contribution in [0.4, 0.5) is 0 Å². The van der Waals surface area contributed by atoms with Crippen LogP contribution in [0, 0.1) is 13.8 Å². The normalized spacial score (nSPS) is 11.4. The van der Waals surface area contributed by atoms with Crippen LogP contribution in [0.5, 0.6) is 0 Å². The van der Waals surface area contributed by atoms with Crippen molar-refractivity contribution in [2.45, 2.75) is 13.8 Å². The minimum atomic E-state index is 0.637. The predicted molar refractivity (Wildman–Crippen MR) is 206 cm³/mol. The highest BCUT2D eigenvalue weighted by Gasteiger charge is 2.25. The third kappa shape index (κ3) is 5.44. The summed E-state index contributed by atoms with van der Waals surface area (Å²) in [4.78, 5) is 33.0. The van der Waals surface area contributed by atoms with E-state index in [1.54, 1.807) is 22.7 Å². The fraction of sp³-hybridized carbons (Fsp3) is 0.0476. The van der Waals surface area contributed by atoms with Gasteiger partial charge in [-0.05, 0) is 26.0 Å². The van der Waals surface area contributed by atoms with E-state index in [0.29, 0.717) is 34.9 Å². The molecule has 0 saturated carbocycles. The molecule has 50 heavy (non-hydrogen) atoms. The van der Waals surface area contributed by atoms with Crippen LogP contribution in [0.1, 0.15) is 9.75 Å². The summed E-state index contributed by atoms with van der Waals surface area (Å²) < 4.78 is 2.19. The molecule has 238 valence electrons. The number of fused-ring (bicyclic) bond motifs is 2. The Balaban J connectivity index is 1.35. The lowest BCUT2D eigenvalue weighted by molar-refractivity contribution is 1.08. The van der Waals surface area contributed by atoms with Crippen LogP contribution >= 0.6 is 22.7 Å². The standard InChI is InChI=1S/C42H28N6S2/c1-25-23-31-33(41-45-37(27-15-7-3-8-16-27)43-38(46-41)28-17-9-4-10-18-28)36-32(24-26(2)50-36)34(35(31)49-25)42-47-39(29-19-11-5-12-20-29)44-40(48-42)30-21-13-6-14-22-30/h3-24H,1-2H3. The third-order valence-corrected chi connectivity index (χ3v) is 10.7. The molecular weight excluding hydrogens is 653 g/mol. The van der Waals surface area contributed by atoms with Crippen LogP contribution in [-0.4, -0.2) is 29.9 Å². The van der Waals surface area contributed by atoms with Crippen LogP contribution in [0.15, 0.2) is 133 Å². The Morgan fingerprint density at radius 3 is 0.880 bits per heavy atom. The fourth-order valence-corrected chi connectivity index (χ4v) is 8.45. The van der Waals surface area contributed by atoms with Crippen molar-refractivity contribution < 1.29 is 0 Å². The van der Waals surface area contributed by atoms with Gasteiger partial charge in [0.2, 0.25) is 0 Å². The lowest BCUT2D eigenvalue weighted by Gasteiger charge is -2.13. The van der Waals surface area contributed by atoms with Gasteiger partial charge in [0.25, 0.3) is 0 Å². The Bertz CT molecular complexity index is 2300. The largest absolute Gasteiger partial charge is 0.208 e. The number of benzene rings is 5. The number of thiophene rings is 2. The minimum Gasteiger partial charge on any atom is -0.208 e. The second kappa shape index (κ2) is 12.5. The molecule has 5 aromatic carbocycles. The van der Waals surface area contributed by atoms with E-state index in [2.05, 4.69) is 26.0 Å². The lowest BCUT2D eigenvalue weighted by Crippen LogP contribution is -2.02. The predicted octanol–water partition coefficient (Wildman–Crippen LogP) is 11.1. The summed E-state index contributed by atoms with van der Waals surface area (Å²) in [6.45, 7) is 4.29. The Hall–Kier alpha value is -5.96. The summed E-state index contributed by atoms with van der Waals surface area (Å²) in [6, 6.07) is 45.0. The van der Waals surface area contributed by atoms with Gasteiger partial charge < -0.3 is 0 Å². The molecule has 6 nitrogen and oxygen atoms in total. The Kier molecular flexibility index (Phi) is 7.53. The first-order valence-electron chi connectivity index (χ1n) is 16.3. The van der Waals surface area contributed by atoms with Gasteiger partial charge in [0.1, 0.15) is 0 Å². The summed E-state index contributed by atoms with van der Waals surface area (Å²) in [7, 11) is 0. The van der Waals surface area contributed by atoms with Crippen LogP contribution in [0.3, 0.4) is 0 Å². The molecule has 8 heteroatoms. The van der Waals surface area contributed by atoms with E-state index < -0.39 is 0 Å². The molecule has 4 aromatic heterocycles. The summed E-state index contributed by atoms with van der Waals surface area (Å²) >= 11 is 3.49. The number of rotatable bonds is 6. The van der Waals surface area contributed by atoms with Crippen molar-refractivity contribution >= 4 is 42.8 Å². The number of hydrogen-bond acceptors (Lipinski definition) is 8. The number of nitrogens with zero attached hydrogens (tertiary/aromatic N) is 6. The second-order valence-corrected chi connectivity index (χ2v) is 14.5. The summed E-state index contributed by atoms with van der Waals surface area (Å²) in [6.07, 6.45) is 0. The topological polar surface area (TPSA) is 77.3 Å². The second-order valence-electron chi connectivity index (χ2n) is 12.0. The number of hydrogen-bond donors (Lipinski definition) is 0. The van der Waals surface area contributed by atoms with E-state index in [-0.39, 0.29) is 0 Å². The van der Waals surface area contributed by atoms with Crippen molar-refractivity contribution in [2.75, 3.05) is 0 Å². The van der Waals surface area contributed by atoms with Gasteiger partial charge in [0.05, 0.1) is 0 Å². The van der Waals surface area contributed by atoms with E-state index >= 15 is 0 Å². The van der Waals surface area contributed by atoms with Crippen molar-refractivity contribution in [2.24, 2.45) is 0 Å². The van der Waals surface area contributed by atoms with Gasteiger partial charge in [-0.2, -0.15) is 0 Å². The molecular formula is C42H28N6S2. The van der Waals surface area contributed by atoms with Gasteiger partial charge in [-0.1, -0.05) is 121 Å². The zero-order valence-electron chi connectivity index (χ0n) is 27.2. The zero-order chi connectivity index (χ0) is 33.6. The van der Waals surface area contributed by atoms with Crippen molar-refractivity contribution in [1.82, 2.24) is 29.9 Å². The van der Waals surface area contributed by atoms with Gasteiger partial charge in [0, 0.05) is 63.3 Å². The quantitative estimate of drug-likeness (QED) is 0.174. The molecule has 0 fully saturated rings. The molecule has 0 amide bonds. The van der Waals surface area contributed by atoms with Gasteiger partial charge in [0.15, 0.2) is 34.9 Å². The highest BCUT2D eigenvalue weighted by Crippen LogP contribution is 2.48. The zero-order valence-corrected chi connectivity index (χ0v) is 28.8. The molecule has 0 saturated heterocycles. The SMILES string of the molecule is Cc1cc2c(-c3nc(-c4ccccc4)nc(-c4ccccc4)n3)c3sc(C)cc3c(-c3nc(-c4ccccc4)nc(-c4ccccc4)n3)c2s1. The van der Waals surface area contributed by atoms with Gasteiger partial charge in [-0.15, -0.1) is 22.7 Å². The van der Waals surface area contributed by atoms with Crippen molar-refractivity contribution in [3.63, 3.8) is 0 Å². The van der Waals surface area contributed by atoms with Gasteiger partial charge >= 0.3 is 0 Å². The smallest absolute Gasteiger partial charge is 0.166 e. The molecule has 0 atom stereocenters. The van der Waals surface area contributed by atoms with Crippen molar-refractivity contribution in [3.8, 4) is 68.3 Å². The van der Waals surface area contributed by atoms with Gasteiger partial charge in [-0.3, -0.25) is 0 Å². The molecule has 0 aliphatic heterocycles. The first kappa shape index (κ1) is 30.1. The Morgan fingerprint density at radius 2 is 0.600 bits per heavy atom. The summed E-state index contributed by atoms with van der Waals surface area (Å²) in [5.74, 6) is 3.83. The third-order valence-electron chi connectivity index (χ3n) is 8.55. The minimum absolute atomic E-state index is 0.637. The van der Waals surface area contributed by atoms with E-state index in [1.807, 2.05) is 121 Å².